The second kappa shape index (κ2) is 6.02. The van der Waals surface area contributed by atoms with Crippen LogP contribution in [0.3, 0.4) is 0 Å². The van der Waals surface area contributed by atoms with E-state index in [1.54, 1.807) is 31.4 Å². The maximum absolute atomic E-state index is 12.6. The number of allylic oxidation sites excluding steroid dienone is 2. The van der Waals surface area contributed by atoms with E-state index in [1.807, 2.05) is 13.0 Å². The Kier molecular flexibility index (Phi) is 4.04. The summed E-state index contributed by atoms with van der Waals surface area (Å²) in [4.78, 5) is 3.35. The average Bonchev–Trinajstić information content (AvgIpc) is 2.98. The first-order valence-electron chi connectivity index (χ1n) is 7.33. The van der Waals surface area contributed by atoms with E-state index in [2.05, 4.69) is 9.57 Å². The molecule has 0 atom stereocenters. The topological polar surface area (TPSA) is 59.8 Å². The highest BCUT2D eigenvalue weighted by Crippen LogP contribution is 2.39. The fourth-order valence-corrected chi connectivity index (χ4v) is 3.95. The van der Waals surface area contributed by atoms with Gasteiger partial charge in [-0.25, -0.2) is 13.3 Å². The molecular formula is C18H16N2O3S. The van der Waals surface area contributed by atoms with Crippen molar-refractivity contribution in [1.29, 1.82) is 0 Å². The minimum atomic E-state index is -3.76. The summed E-state index contributed by atoms with van der Waals surface area (Å²) >= 11 is 0. The van der Waals surface area contributed by atoms with Gasteiger partial charge < -0.3 is 4.74 Å². The SMILES string of the molecule is [C-]#[N+]c1cccc(S(=O)(=O)Nc2ccc(OC)c3c2CC=C3C)c1. The smallest absolute Gasteiger partial charge is 0.260 e. The Morgan fingerprint density at radius 2 is 2.04 bits per heavy atom. The molecule has 5 nitrogen and oxygen atoms in total. The summed E-state index contributed by atoms with van der Waals surface area (Å²) in [6, 6.07) is 9.44. The Morgan fingerprint density at radius 1 is 1.25 bits per heavy atom. The van der Waals surface area contributed by atoms with Crippen LogP contribution in [0.2, 0.25) is 0 Å². The van der Waals surface area contributed by atoms with Gasteiger partial charge in [0, 0.05) is 5.56 Å². The van der Waals surface area contributed by atoms with E-state index in [4.69, 9.17) is 11.3 Å². The van der Waals surface area contributed by atoms with Gasteiger partial charge in [-0.2, -0.15) is 0 Å². The summed E-state index contributed by atoms with van der Waals surface area (Å²) in [6.07, 6.45) is 2.70. The molecule has 3 rings (SSSR count). The first kappa shape index (κ1) is 16.1. The highest BCUT2D eigenvalue weighted by molar-refractivity contribution is 7.92. The molecule has 2 aromatic carbocycles. The highest BCUT2D eigenvalue weighted by atomic mass is 32.2. The Morgan fingerprint density at radius 3 is 2.75 bits per heavy atom. The van der Waals surface area contributed by atoms with Gasteiger partial charge in [-0.1, -0.05) is 18.2 Å². The van der Waals surface area contributed by atoms with Crippen LogP contribution < -0.4 is 9.46 Å². The highest BCUT2D eigenvalue weighted by Gasteiger charge is 2.23. The maximum atomic E-state index is 12.6. The second-order valence-electron chi connectivity index (χ2n) is 5.47. The van der Waals surface area contributed by atoms with E-state index in [0.717, 1.165) is 22.4 Å². The summed E-state index contributed by atoms with van der Waals surface area (Å²) in [7, 11) is -2.16. The van der Waals surface area contributed by atoms with Crippen molar-refractivity contribution in [3.05, 3.63) is 65.0 Å². The molecule has 1 N–H and O–H groups in total. The number of hydrogen-bond donors (Lipinski definition) is 1. The number of hydrogen-bond acceptors (Lipinski definition) is 3. The molecule has 0 amide bonds. The van der Waals surface area contributed by atoms with Gasteiger partial charge in [0.15, 0.2) is 5.69 Å². The van der Waals surface area contributed by atoms with Crippen LogP contribution in [-0.4, -0.2) is 15.5 Å². The Balaban J connectivity index is 2.02. The molecule has 0 saturated heterocycles. The van der Waals surface area contributed by atoms with Crippen LogP contribution in [0.4, 0.5) is 11.4 Å². The number of anilines is 1. The van der Waals surface area contributed by atoms with Crippen LogP contribution in [0.1, 0.15) is 18.1 Å². The van der Waals surface area contributed by atoms with E-state index in [1.165, 1.54) is 12.1 Å². The van der Waals surface area contributed by atoms with Crippen molar-refractivity contribution >= 4 is 27.0 Å². The number of methoxy groups -OCH3 is 1. The van der Waals surface area contributed by atoms with Gasteiger partial charge in [0.1, 0.15) is 5.75 Å². The number of sulfonamides is 1. The first-order chi connectivity index (χ1) is 11.5. The molecule has 6 heteroatoms. The van der Waals surface area contributed by atoms with E-state index < -0.39 is 10.0 Å². The van der Waals surface area contributed by atoms with Gasteiger partial charge in [0.25, 0.3) is 10.0 Å². The number of nitrogens with one attached hydrogen (secondary N) is 1. The molecule has 1 aliphatic rings. The molecule has 0 saturated carbocycles. The number of fused-ring (bicyclic) bond motifs is 1. The molecule has 0 fully saturated rings. The maximum Gasteiger partial charge on any atom is 0.260 e. The standard InChI is InChI=1S/C18H16N2O3S/c1-12-7-8-15-16(9-10-17(23-3)18(12)15)20-24(21,22)14-6-4-5-13(11-14)19-2/h4-7,9-11,20H,8H2,1,3H3. The van der Waals surface area contributed by atoms with Crippen molar-refractivity contribution in [2.75, 3.05) is 11.8 Å². The first-order valence-corrected chi connectivity index (χ1v) is 8.82. The predicted molar refractivity (Wildman–Crippen MR) is 93.9 cm³/mol. The normalized spacial score (nSPS) is 13.0. The fourth-order valence-electron chi connectivity index (χ4n) is 2.82. The minimum absolute atomic E-state index is 0.0725. The average molecular weight is 340 g/mol. The zero-order valence-corrected chi connectivity index (χ0v) is 14.1. The lowest BCUT2D eigenvalue weighted by atomic mass is 10.0. The van der Waals surface area contributed by atoms with Crippen LogP contribution in [0.25, 0.3) is 10.4 Å². The third-order valence-corrected chi connectivity index (χ3v) is 5.37. The van der Waals surface area contributed by atoms with Crippen molar-refractivity contribution in [1.82, 2.24) is 0 Å². The molecule has 0 aromatic heterocycles. The summed E-state index contributed by atoms with van der Waals surface area (Å²) in [5.41, 5.74) is 3.73. The van der Waals surface area contributed by atoms with Crippen molar-refractivity contribution in [3.8, 4) is 5.75 Å². The van der Waals surface area contributed by atoms with E-state index in [0.29, 0.717) is 12.1 Å². The Bertz CT molecular complexity index is 986. The summed E-state index contributed by atoms with van der Waals surface area (Å²) in [5, 5.41) is 0. The fraction of sp³-hybridized carbons (Fsp3) is 0.167. The van der Waals surface area contributed by atoms with E-state index >= 15 is 0 Å². The summed E-state index contributed by atoms with van der Waals surface area (Å²) < 4.78 is 33.3. The van der Waals surface area contributed by atoms with Gasteiger partial charge in [-0.15, -0.1) is 0 Å². The molecule has 0 spiro atoms. The zero-order valence-electron chi connectivity index (χ0n) is 13.3. The quantitative estimate of drug-likeness (QED) is 0.856. The third kappa shape index (κ3) is 2.74. The van der Waals surface area contributed by atoms with Crippen LogP contribution in [0, 0.1) is 6.57 Å². The van der Waals surface area contributed by atoms with Crippen molar-refractivity contribution < 1.29 is 13.2 Å². The summed E-state index contributed by atoms with van der Waals surface area (Å²) in [6.45, 7) is 9.00. The lowest BCUT2D eigenvalue weighted by Crippen LogP contribution is -2.14. The predicted octanol–water partition coefficient (Wildman–Crippen LogP) is 4.01. The molecule has 0 aliphatic heterocycles. The molecule has 2 aromatic rings. The molecule has 1 aliphatic carbocycles. The molecule has 122 valence electrons. The van der Waals surface area contributed by atoms with Gasteiger partial charge in [0.05, 0.1) is 24.3 Å². The Hall–Kier alpha value is -2.78. The lowest BCUT2D eigenvalue weighted by Gasteiger charge is -2.15. The van der Waals surface area contributed by atoms with Crippen molar-refractivity contribution in [2.24, 2.45) is 0 Å². The molecule has 0 unspecified atom stereocenters. The van der Waals surface area contributed by atoms with Crippen LogP contribution in [-0.2, 0) is 16.4 Å². The molecular weight excluding hydrogens is 324 g/mol. The monoisotopic (exact) mass is 340 g/mol. The molecule has 0 radical (unpaired) electrons. The summed E-state index contributed by atoms with van der Waals surface area (Å²) in [5.74, 6) is 0.731. The second-order valence-corrected chi connectivity index (χ2v) is 7.16. The van der Waals surface area contributed by atoms with E-state index in [9.17, 15) is 8.42 Å². The lowest BCUT2D eigenvalue weighted by molar-refractivity contribution is 0.413. The number of benzene rings is 2. The van der Waals surface area contributed by atoms with Crippen LogP contribution in [0.15, 0.2) is 47.4 Å². The van der Waals surface area contributed by atoms with Gasteiger partial charge in [-0.3, -0.25) is 4.72 Å². The Labute approximate surface area is 141 Å². The van der Waals surface area contributed by atoms with Gasteiger partial charge >= 0.3 is 0 Å². The third-order valence-electron chi connectivity index (χ3n) is 4.00. The largest absolute Gasteiger partial charge is 0.496 e. The number of rotatable bonds is 4. The van der Waals surface area contributed by atoms with Crippen LogP contribution in [0.5, 0.6) is 5.75 Å². The van der Waals surface area contributed by atoms with Crippen molar-refractivity contribution in [3.63, 3.8) is 0 Å². The molecule has 24 heavy (non-hydrogen) atoms. The minimum Gasteiger partial charge on any atom is -0.496 e. The molecule has 0 bridgehead atoms. The molecule has 0 heterocycles. The van der Waals surface area contributed by atoms with Crippen LogP contribution >= 0.6 is 0 Å². The number of ether oxygens (including phenoxy) is 1. The zero-order chi connectivity index (χ0) is 17.3. The number of nitrogens with zero attached hydrogens (tertiary/aromatic N) is 1. The van der Waals surface area contributed by atoms with E-state index in [-0.39, 0.29) is 10.6 Å². The van der Waals surface area contributed by atoms with Crippen molar-refractivity contribution in [2.45, 2.75) is 18.2 Å². The van der Waals surface area contributed by atoms with Gasteiger partial charge in [-0.05, 0) is 48.7 Å². The van der Waals surface area contributed by atoms with Gasteiger partial charge in [0.2, 0.25) is 0 Å².